The van der Waals surface area contributed by atoms with Crippen LogP contribution in [0.1, 0.15) is 50.2 Å². The van der Waals surface area contributed by atoms with Gasteiger partial charge in [0.1, 0.15) is 6.10 Å². The number of allylic oxidation sites excluding steroid dienone is 1. The second-order valence-corrected chi connectivity index (χ2v) is 5.58. The van der Waals surface area contributed by atoms with Gasteiger partial charge in [-0.2, -0.15) is 0 Å². The number of pyridine rings is 1. The molecule has 1 aromatic heterocycles. The van der Waals surface area contributed by atoms with E-state index in [0.29, 0.717) is 0 Å². The van der Waals surface area contributed by atoms with E-state index in [-0.39, 0.29) is 0 Å². The minimum atomic E-state index is -0.508. The molecule has 0 radical (unpaired) electrons. The van der Waals surface area contributed by atoms with Crippen LogP contribution in [0.5, 0.6) is 0 Å². The molecular weight excluding hydrogens is 246 g/mol. The first-order chi connectivity index (χ1) is 9.86. The Morgan fingerprint density at radius 2 is 1.85 bits per heavy atom. The molecule has 1 aromatic carbocycles. The Hall–Kier alpha value is -1.67. The van der Waals surface area contributed by atoms with E-state index in [1.807, 2.05) is 30.6 Å². The average Bonchev–Trinajstić information content (AvgIpc) is 2.46. The smallest absolute Gasteiger partial charge is 0.102 e. The summed E-state index contributed by atoms with van der Waals surface area (Å²) >= 11 is 0. The van der Waals surface area contributed by atoms with Crippen molar-refractivity contribution in [1.29, 1.82) is 0 Å². The van der Waals surface area contributed by atoms with Crippen molar-refractivity contribution in [2.24, 2.45) is 0 Å². The van der Waals surface area contributed by atoms with Crippen LogP contribution in [0.15, 0.2) is 48.3 Å². The maximum absolute atomic E-state index is 10.8. The maximum atomic E-state index is 10.8. The van der Waals surface area contributed by atoms with Crippen molar-refractivity contribution in [3.05, 3.63) is 53.9 Å². The Labute approximate surface area is 120 Å². The van der Waals surface area contributed by atoms with E-state index in [4.69, 9.17) is 0 Å². The summed E-state index contributed by atoms with van der Waals surface area (Å²) in [5, 5.41) is 13.0. The molecule has 0 amide bonds. The van der Waals surface area contributed by atoms with Gasteiger partial charge >= 0.3 is 0 Å². The molecular formula is C18H21NO. The third kappa shape index (κ3) is 2.75. The molecule has 1 aliphatic carbocycles. The Balaban J connectivity index is 1.97. The van der Waals surface area contributed by atoms with E-state index in [1.54, 1.807) is 0 Å². The van der Waals surface area contributed by atoms with E-state index in [1.165, 1.54) is 31.3 Å². The third-order valence-corrected chi connectivity index (χ3v) is 4.17. The first-order valence-corrected chi connectivity index (χ1v) is 7.56. The highest BCUT2D eigenvalue weighted by Gasteiger charge is 2.16. The van der Waals surface area contributed by atoms with Gasteiger partial charge in [-0.05, 0) is 36.6 Å². The van der Waals surface area contributed by atoms with E-state index in [9.17, 15) is 5.11 Å². The molecule has 2 nitrogen and oxygen atoms in total. The molecule has 2 heteroatoms. The molecule has 1 unspecified atom stereocenters. The number of nitrogens with zero attached hydrogens (tertiary/aromatic N) is 1. The van der Waals surface area contributed by atoms with Crippen molar-refractivity contribution in [3.8, 4) is 0 Å². The van der Waals surface area contributed by atoms with Gasteiger partial charge in [0.2, 0.25) is 0 Å². The van der Waals surface area contributed by atoms with Gasteiger partial charge in [0.05, 0.1) is 0 Å². The number of hydrogen-bond acceptors (Lipinski definition) is 2. The van der Waals surface area contributed by atoms with Gasteiger partial charge in [-0.3, -0.25) is 4.98 Å². The van der Waals surface area contributed by atoms with Gasteiger partial charge in [-0.15, -0.1) is 0 Å². The molecule has 0 saturated heterocycles. The fraction of sp³-hybridized carbons (Fsp3) is 0.389. The zero-order valence-electron chi connectivity index (χ0n) is 11.8. The molecule has 20 heavy (non-hydrogen) atoms. The molecule has 0 fully saturated rings. The third-order valence-electron chi connectivity index (χ3n) is 4.17. The number of hydrogen-bond donors (Lipinski definition) is 1. The van der Waals surface area contributed by atoms with Crippen LogP contribution in [0, 0.1) is 0 Å². The molecule has 0 aliphatic heterocycles. The van der Waals surface area contributed by atoms with Crippen LogP contribution in [-0.2, 0) is 0 Å². The van der Waals surface area contributed by atoms with Gasteiger partial charge in [-0.25, -0.2) is 0 Å². The summed E-state index contributed by atoms with van der Waals surface area (Å²) in [5.74, 6) is 0. The summed E-state index contributed by atoms with van der Waals surface area (Å²) in [6, 6.07) is 8.14. The zero-order valence-corrected chi connectivity index (χ0v) is 11.8. The van der Waals surface area contributed by atoms with Crippen LogP contribution >= 0.6 is 0 Å². The molecule has 1 aliphatic rings. The van der Waals surface area contributed by atoms with Crippen LogP contribution in [0.2, 0.25) is 0 Å². The van der Waals surface area contributed by atoms with Gasteiger partial charge in [-0.1, -0.05) is 43.2 Å². The first-order valence-electron chi connectivity index (χ1n) is 7.56. The van der Waals surface area contributed by atoms with Crippen LogP contribution in [0.4, 0.5) is 0 Å². The topological polar surface area (TPSA) is 33.1 Å². The Kier molecular flexibility index (Phi) is 4.12. The lowest BCUT2D eigenvalue weighted by atomic mass is 9.91. The second-order valence-electron chi connectivity index (χ2n) is 5.58. The lowest BCUT2D eigenvalue weighted by Gasteiger charge is -2.19. The van der Waals surface area contributed by atoms with Crippen LogP contribution in [0.25, 0.3) is 10.8 Å². The van der Waals surface area contributed by atoms with E-state index >= 15 is 0 Å². The quantitative estimate of drug-likeness (QED) is 0.810. The van der Waals surface area contributed by atoms with Gasteiger partial charge in [0.15, 0.2) is 0 Å². The van der Waals surface area contributed by atoms with Crippen molar-refractivity contribution in [1.82, 2.24) is 4.98 Å². The number of aliphatic hydroxyl groups excluding tert-OH is 1. The molecule has 1 heterocycles. The number of rotatable bonds is 2. The van der Waals surface area contributed by atoms with E-state index < -0.39 is 6.10 Å². The van der Waals surface area contributed by atoms with Crippen LogP contribution in [-0.4, -0.2) is 10.1 Å². The monoisotopic (exact) mass is 267 g/mol. The van der Waals surface area contributed by atoms with E-state index in [0.717, 1.165) is 29.2 Å². The molecule has 104 valence electrons. The number of aromatic nitrogens is 1. The Bertz CT molecular complexity index is 612. The van der Waals surface area contributed by atoms with Crippen molar-refractivity contribution in [2.45, 2.75) is 44.6 Å². The Morgan fingerprint density at radius 1 is 1.00 bits per heavy atom. The average molecular weight is 267 g/mol. The highest BCUT2D eigenvalue weighted by molar-refractivity contribution is 5.85. The van der Waals surface area contributed by atoms with Crippen molar-refractivity contribution < 1.29 is 5.11 Å². The maximum Gasteiger partial charge on any atom is 0.102 e. The normalized spacial score (nSPS) is 20.8. The zero-order chi connectivity index (χ0) is 13.8. The highest BCUT2D eigenvalue weighted by atomic mass is 16.3. The molecule has 0 spiro atoms. The lowest BCUT2D eigenvalue weighted by Crippen LogP contribution is -2.05. The van der Waals surface area contributed by atoms with E-state index in [2.05, 4.69) is 17.1 Å². The van der Waals surface area contributed by atoms with Gasteiger partial charge in [0.25, 0.3) is 0 Å². The molecule has 0 saturated carbocycles. The van der Waals surface area contributed by atoms with Crippen LogP contribution in [0.3, 0.4) is 0 Å². The predicted octanol–water partition coefficient (Wildman–Crippen LogP) is 4.55. The van der Waals surface area contributed by atoms with Crippen molar-refractivity contribution >= 4 is 10.8 Å². The first kappa shape index (κ1) is 13.3. The number of aliphatic hydroxyl groups is 1. The summed E-state index contributed by atoms with van der Waals surface area (Å²) in [7, 11) is 0. The molecule has 2 aromatic rings. The summed E-state index contributed by atoms with van der Waals surface area (Å²) in [6.45, 7) is 0. The standard InChI is InChI=1S/C18H21NO/c20-18(14-8-4-2-1-3-5-9-14)17-13-19-12-15-10-6-7-11-16(15)17/h6-8,10-13,18,20H,1-5,9H2/b14-8+. The predicted molar refractivity (Wildman–Crippen MR) is 82.5 cm³/mol. The van der Waals surface area contributed by atoms with Gasteiger partial charge in [0, 0.05) is 23.3 Å². The SMILES string of the molecule is OC(/C1=C/CCCCCC1)c1cncc2ccccc12. The fourth-order valence-electron chi connectivity index (χ4n) is 3.02. The Morgan fingerprint density at radius 3 is 2.80 bits per heavy atom. The summed E-state index contributed by atoms with van der Waals surface area (Å²) < 4.78 is 0. The highest BCUT2D eigenvalue weighted by Crippen LogP contribution is 2.32. The van der Waals surface area contributed by atoms with Crippen molar-refractivity contribution in [2.75, 3.05) is 0 Å². The van der Waals surface area contributed by atoms with Gasteiger partial charge < -0.3 is 5.11 Å². The summed E-state index contributed by atoms with van der Waals surface area (Å²) in [4.78, 5) is 4.28. The molecule has 3 rings (SSSR count). The van der Waals surface area contributed by atoms with Crippen molar-refractivity contribution in [3.63, 3.8) is 0 Å². The minimum absolute atomic E-state index is 0.508. The largest absolute Gasteiger partial charge is 0.384 e. The minimum Gasteiger partial charge on any atom is -0.384 e. The molecule has 0 bridgehead atoms. The van der Waals surface area contributed by atoms with Crippen LogP contribution < -0.4 is 0 Å². The second kappa shape index (κ2) is 6.19. The number of benzene rings is 1. The fourth-order valence-corrected chi connectivity index (χ4v) is 3.02. The molecule has 1 atom stereocenters. The lowest BCUT2D eigenvalue weighted by molar-refractivity contribution is 0.210. The summed E-state index contributed by atoms with van der Waals surface area (Å²) in [6.07, 6.45) is 12.5. The molecule has 1 N–H and O–H groups in total. The summed E-state index contributed by atoms with van der Waals surface area (Å²) in [5.41, 5.74) is 2.11. The number of fused-ring (bicyclic) bond motifs is 1.